The third kappa shape index (κ3) is 8.42. The smallest absolute Gasteiger partial charge is 0.356 e. The molecule has 3 nitrogen and oxygen atoms in total. The highest BCUT2D eigenvalue weighted by Crippen LogP contribution is 2.41. The molecule has 2 aromatic rings. The van der Waals surface area contributed by atoms with Crippen LogP contribution in [0.1, 0.15) is 61.0 Å². The number of alkyl halides is 3. The predicted molar refractivity (Wildman–Crippen MR) is 137 cm³/mol. The van der Waals surface area contributed by atoms with E-state index in [1.165, 1.54) is 24.3 Å². The van der Waals surface area contributed by atoms with Crippen LogP contribution in [0.5, 0.6) is 0 Å². The highest BCUT2D eigenvalue weighted by Gasteiger charge is 2.39. The Labute approximate surface area is 222 Å². The average molecular weight is 569 g/mol. The monoisotopic (exact) mass is 567 g/mol. The molecule has 0 aliphatic carbocycles. The van der Waals surface area contributed by atoms with Crippen molar-refractivity contribution in [3.8, 4) is 0 Å². The fourth-order valence-corrected chi connectivity index (χ4v) is 4.43. The number of carbonyl (C=O) groups excluding carboxylic acids is 2. The molecule has 35 heavy (non-hydrogen) atoms. The van der Waals surface area contributed by atoms with Gasteiger partial charge in [-0.1, -0.05) is 78.5 Å². The van der Waals surface area contributed by atoms with Crippen molar-refractivity contribution in [1.82, 2.24) is 5.32 Å². The fourth-order valence-electron chi connectivity index (χ4n) is 3.52. The van der Waals surface area contributed by atoms with Gasteiger partial charge in [-0.15, -0.1) is 0 Å². The van der Waals surface area contributed by atoms with Gasteiger partial charge in [0, 0.05) is 24.9 Å². The molecular formula is C25H24Cl4F3NO2. The second kappa shape index (κ2) is 12.0. The summed E-state index contributed by atoms with van der Waals surface area (Å²) in [5, 5.41) is 2.61. The fraction of sp³-hybridized carbons (Fsp3) is 0.360. The summed E-state index contributed by atoms with van der Waals surface area (Å²) in [6.07, 6.45) is -2.16. The van der Waals surface area contributed by atoms with Crippen molar-refractivity contribution in [2.75, 3.05) is 6.54 Å². The van der Waals surface area contributed by atoms with E-state index in [1.807, 2.05) is 6.92 Å². The third-order valence-electron chi connectivity index (χ3n) is 5.14. The van der Waals surface area contributed by atoms with Gasteiger partial charge in [-0.25, -0.2) is 0 Å². The van der Waals surface area contributed by atoms with E-state index in [1.54, 1.807) is 13.8 Å². The van der Waals surface area contributed by atoms with Gasteiger partial charge in [0.2, 0.25) is 5.91 Å². The van der Waals surface area contributed by atoms with E-state index < -0.39 is 17.5 Å². The lowest BCUT2D eigenvalue weighted by Gasteiger charge is -2.23. The molecule has 0 heterocycles. The number of rotatable bonds is 9. The first-order valence-corrected chi connectivity index (χ1v) is 12.1. The quantitative estimate of drug-likeness (QED) is 0.243. The Morgan fingerprint density at radius 2 is 1.57 bits per heavy atom. The molecule has 0 saturated carbocycles. The zero-order chi connectivity index (χ0) is 26.6. The molecule has 10 heteroatoms. The molecule has 0 spiro atoms. The minimum atomic E-state index is -4.62. The Morgan fingerprint density at radius 1 is 0.971 bits per heavy atom. The van der Waals surface area contributed by atoms with E-state index in [4.69, 9.17) is 46.4 Å². The molecule has 0 radical (unpaired) electrons. The maximum atomic E-state index is 13.7. The maximum absolute atomic E-state index is 13.7. The van der Waals surface area contributed by atoms with Gasteiger partial charge >= 0.3 is 6.18 Å². The molecule has 0 bridgehead atoms. The van der Waals surface area contributed by atoms with Gasteiger partial charge in [-0.3, -0.25) is 9.59 Å². The molecule has 0 aliphatic heterocycles. The Bertz CT molecular complexity index is 1110. The lowest BCUT2D eigenvalue weighted by atomic mass is 9.82. The van der Waals surface area contributed by atoms with Crippen molar-refractivity contribution in [2.45, 2.75) is 45.7 Å². The molecule has 1 amide bonds. The standard InChI is InChI=1S/C25H24Cl4F3NO2/c1-4-33-22(35)13-24(2,3)12-21(34)16-7-5-14(9-18(16)26)6-8-17(25(30,31)32)15-10-19(27)23(29)20(28)11-15/h5-11,17H,4,12-13H2,1-3H3,(H,33,35)/b8-6+. The van der Waals surface area contributed by atoms with Crippen molar-refractivity contribution in [2.24, 2.45) is 5.41 Å². The largest absolute Gasteiger partial charge is 0.399 e. The first kappa shape index (κ1) is 29.5. The Kier molecular flexibility index (Phi) is 10.1. The topological polar surface area (TPSA) is 46.2 Å². The van der Waals surface area contributed by atoms with E-state index in [0.29, 0.717) is 12.1 Å². The van der Waals surface area contributed by atoms with Gasteiger partial charge in [-0.05, 0) is 47.7 Å². The first-order chi connectivity index (χ1) is 16.1. The van der Waals surface area contributed by atoms with Crippen molar-refractivity contribution in [3.63, 3.8) is 0 Å². The number of allylic oxidation sites excluding steroid dienone is 1. The van der Waals surface area contributed by atoms with Crippen LogP contribution in [-0.4, -0.2) is 24.4 Å². The molecule has 1 N–H and O–H groups in total. The van der Waals surface area contributed by atoms with Gasteiger partial charge in [0.1, 0.15) is 0 Å². The van der Waals surface area contributed by atoms with E-state index in [9.17, 15) is 22.8 Å². The van der Waals surface area contributed by atoms with Crippen LogP contribution in [-0.2, 0) is 4.79 Å². The zero-order valence-corrected chi connectivity index (χ0v) is 22.2. The highest BCUT2D eigenvalue weighted by atomic mass is 35.5. The SMILES string of the molecule is CCNC(=O)CC(C)(C)CC(=O)c1ccc(/C=C/C(c2cc(Cl)c(Cl)c(Cl)c2)C(F)(F)F)cc1Cl. The number of benzene rings is 2. The van der Waals surface area contributed by atoms with Gasteiger partial charge in [-0.2, -0.15) is 13.2 Å². The molecule has 0 aromatic heterocycles. The molecule has 2 rings (SSSR count). The number of hydrogen-bond acceptors (Lipinski definition) is 2. The van der Waals surface area contributed by atoms with Crippen LogP contribution in [0.25, 0.3) is 6.08 Å². The molecule has 0 fully saturated rings. The van der Waals surface area contributed by atoms with Crippen LogP contribution in [0.15, 0.2) is 36.4 Å². The second-order valence-electron chi connectivity index (χ2n) is 8.81. The molecule has 1 unspecified atom stereocenters. The summed E-state index contributed by atoms with van der Waals surface area (Å²) in [5.74, 6) is -2.41. The molecule has 0 aliphatic rings. The summed E-state index contributed by atoms with van der Waals surface area (Å²) in [6.45, 7) is 5.91. The van der Waals surface area contributed by atoms with Gasteiger partial charge in [0.15, 0.2) is 5.78 Å². The number of carbonyl (C=O) groups is 2. The zero-order valence-electron chi connectivity index (χ0n) is 19.2. The summed E-state index contributed by atoms with van der Waals surface area (Å²) < 4.78 is 41.2. The molecular weight excluding hydrogens is 545 g/mol. The number of halogens is 7. The van der Waals surface area contributed by atoms with Crippen molar-refractivity contribution in [1.29, 1.82) is 0 Å². The third-order valence-corrected chi connectivity index (χ3v) is 6.65. The van der Waals surface area contributed by atoms with Gasteiger partial charge in [0.05, 0.1) is 26.0 Å². The van der Waals surface area contributed by atoms with Gasteiger partial charge < -0.3 is 5.32 Å². The Balaban J connectivity index is 2.25. The highest BCUT2D eigenvalue weighted by molar-refractivity contribution is 6.48. The Morgan fingerprint density at radius 3 is 2.09 bits per heavy atom. The number of hydrogen-bond donors (Lipinski definition) is 1. The van der Waals surface area contributed by atoms with Crippen LogP contribution < -0.4 is 5.32 Å². The number of ketones is 1. The minimum absolute atomic E-state index is 0.0248. The van der Waals surface area contributed by atoms with Crippen LogP contribution in [0.2, 0.25) is 20.1 Å². The normalized spacial score (nSPS) is 13.2. The van der Waals surface area contributed by atoms with E-state index >= 15 is 0 Å². The number of amides is 1. The second-order valence-corrected chi connectivity index (χ2v) is 10.4. The lowest BCUT2D eigenvalue weighted by molar-refractivity contribution is -0.139. The average Bonchev–Trinajstić information content (AvgIpc) is 2.70. The van der Waals surface area contributed by atoms with Crippen molar-refractivity contribution < 1.29 is 22.8 Å². The minimum Gasteiger partial charge on any atom is -0.356 e. The first-order valence-electron chi connectivity index (χ1n) is 10.6. The number of nitrogens with one attached hydrogen (secondary N) is 1. The van der Waals surface area contributed by atoms with Crippen LogP contribution in [0.4, 0.5) is 13.2 Å². The van der Waals surface area contributed by atoms with E-state index in [2.05, 4.69) is 5.32 Å². The maximum Gasteiger partial charge on any atom is 0.399 e. The van der Waals surface area contributed by atoms with Crippen LogP contribution in [0, 0.1) is 5.41 Å². The molecule has 190 valence electrons. The lowest BCUT2D eigenvalue weighted by Crippen LogP contribution is -2.30. The predicted octanol–water partition coefficient (Wildman–Crippen LogP) is 8.78. The van der Waals surface area contributed by atoms with Crippen molar-refractivity contribution >= 4 is 64.2 Å². The molecule has 0 saturated heterocycles. The van der Waals surface area contributed by atoms with E-state index in [0.717, 1.165) is 18.2 Å². The molecule has 2 aromatic carbocycles. The summed E-state index contributed by atoms with van der Waals surface area (Å²) in [6, 6.07) is 6.62. The summed E-state index contributed by atoms with van der Waals surface area (Å²) in [4.78, 5) is 24.7. The van der Waals surface area contributed by atoms with Gasteiger partial charge in [0.25, 0.3) is 0 Å². The van der Waals surface area contributed by atoms with Crippen molar-refractivity contribution in [3.05, 3.63) is 73.2 Å². The number of Topliss-reactive ketones (excluding diaryl/α,β-unsaturated/α-hetero) is 1. The van der Waals surface area contributed by atoms with Crippen LogP contribution in [0.3, 0.4) is 0 Å². The summed E-state index contributed by atoms with van der Waals surface area (Å²) >= 11 is 24.0. The molecule has 1 atom stereocenters. The van der Waals surface area contributed by atoms with E-state index in [-0.39, 0.29) is 55.7 Å². The summed E-state index contributed by atoms with van der Waals surface area (Å²) in [5.41, 5.74) is -0.162. The Hall–Kier alpha value is -1.73. The summed E-state index contributed by atoms with van der Waals surface area (Å²) in [7, 11) is 0. The van der Waals surface area contributed by atoms with Crippen LogP contribution >= 0.6 is 46.4 Å².